The van der Waals surface area contributed by atoms with Crippen molar-refractivity contribution in [2.45, 2.75) is 33.2 Å². The number of fused-ring (bicyclic) bond motifs is 3. The Balaban J connectivity index is 0.000000128. The van der Waals surface area contributed by atoms with Crippen LogP contribution in [-0.2, 0) is 19.4 Å². The predicted molar refractivity (Wildman–Crippen MR) is 347 cm³/mol. The monoisotopic (exact) mass is 1160 g/mol. The summed E-state index contributed by atoms with van der Waals surface area (Å²) in [5.41, 5.74) is 10.9. The minimum Gasteiger partial charge on any atom is -0.469 e. The van der Waals surface area contributed by atoms with Crippen molar-refractivity contribution in [1.82, 2.24) is 29.9 Å². The van der Waals surface area contributed by atoms with Crippen LogP contribution in [0, 0.1) is 0 Å². The van der Waals surface area contributed by atoms with E-state index in [4.69, 9.17) is 26.5 Å². The molecule has 15 heteroatoms. The van der Waals surface area contributed by atoms with Crippen LogP contribution >= 0.6 is 0 Å². The second-order valence-corrected chi connectivity index (χ2v) is 20.1. The molecule has 0 atom stereocenters. The van der Waals surface area contributed by atoms with Gasteiger partial charge >= 0.3 is 0 Å². The summed E-state index contributed by atoms with van der Waals surface area (Å²) in [4.78, 5) is 26.7. The van der Waals surface area contributed by atoms with Gasteiger partial charge in [-0.3, -0.25) is 0 Å². The molecule has 0 saturated heterocycles. The smallest absolute Gasteiger partial charge is 0.232 e. The van der Waals surface area contributed by atoms with Crippen molar-refractivity contribution in [2.24, 2.45) is 0 Å². The van der Waals surface area contributed by atoms with Crippen molar-refractivity contribution < 1.29 is 26.5 Å². The van der Waals surface area contributed by atoms with Gasteiger partial charge in [-0.05, 0) is 59.5 Å². The Kier molecular flexibility index (Phi) is 17.7. The Labute approximate surface area is 507 Å². The van der Waals surface area contributed by atoms with Crippen LogP contribution in [0.4, 0.5) is 17.5 Å². The molecular weight excluding hydrogens is 1100 g/mol. The lowest BCUT2D eigenvalue weighted by Crippen LogP contribution is -2.06. The molecule has 15 rings (SSSR count). The molecule has 0 unspecified atom stereocenters. The lowest BCUT2D eigenvalue weighted by Gasteiger charge is -2.08. The molecule has 0 saturated carbocycles. The van der Waals surface area contributed by atoms with Crippen LogP contribution in [0.15, 0.2) is 283 Å². The third-order valence-corrected chi connectivity index (χ3v) is 14.5. The van der Waals surface area contributed by atoms with Crippen LogP contribution in [0.2, 0.25) is 0 Å². The van der Waals surface area contributed by atoms with E-state index in [1.54, 1.807) is 25.1 Å². The van der Waals surface area contributed by atoms with Crippen molar-refractivity contribution in [3.63, 3.8) is 0 Å². The standard InChI is InChI=1S/C25H21N3O2.C24H19N3O2.C23H17N3O2.CH4/c1-3-9-18(10-4-1)21-22-24(26-15-7-13-20-14-8-16-29-20)27-17-28-25(22)30-23(21)19-11-5-2-6-12-19;1-3-8-17(9-4-1)20-21-23(25-14-13-19-12-7-15-28-19)26-16-27-24(21)29-22(20)18-10-5-2-6-11-18;1-3-8-16(9-4-1)19-20-22(24-14-18-12-7-13-27-18)25-15-26-23(20)28-21(19)17-10-5-2-6-11-17;/h1-6,8-12,14,16-17H,7,13,15H2,(H,26,27,28);1-12,15-16H,13-14H2,(H,25,26,27);1-13,15H,14H2,(H,24,25,26);1H4. The first-order valence-corrected chi connectivity index (χ1v) is 28.6. The fourth-order valence-electron chi connectivity index (χ4n) is 10.5. The van der Waals surface area contributed by atoms with E-state index in [0.29, 0.717) is 36.0 Å². The summed E-state index contributed by atoms with van der Waals surface area (Å²) >= 11 is 0. The third-order valence-electron chi connectivity index (χ3n) is 14.5. The number of nitrogens with zero attached hydrogens (tertiary/aromatic N) is 6. The Morgan fingerprint density at radius 2 is 0.614 bits per heavy atom. The van der Waals surface area contributed by atoms with Gasteiger partial charge in [0.2, 0.25) is 17.1 Å². The molecule has 0 aliphatic heterocycles. The van der Waals surface area contributed by atoms with Crippen molar-refractivity contribution in [1.29, 1.82) is 0 Å². The second-order valence-electron chi connectivity index (χ2n) is 20.1. The predicted octanol–water partition coefficient (Wildman–Crippen LogP) is 18.4. The number of hydrogen-bond donors (Lipinski definition) is 3. The minimum atomic E-state index is 0. The first kappa shape index (κ1) is 56.9. The number of furan rings is 6. The molecule has 0 spiro atoms. The fourth-order valence-corrected chi connectivity index (χ4v) is 10.5. The highest BCUT2D eigenvalue weighted by atomic mass is 16.4. The van der Waals surface area contributed by atoms with Gasteiger partial charge in [0.1, 0.15) is 71.0 Å². The molecule has 434 valence electrons. The first-order chi connectivity index (χ1) is 43.2. The third kappa shape index (κ3) is 12.7. The van der Waals surface area contributed by atoms with Crippen molar-refractivity contribution in [2.75, 3.05) is 29.0 Å². The second kappa shape index (κ2) is 27.4. The molecule has 6 aromatic carbocycles. The lowest BCUT2D eigenvalue weighted by atomic mass is 9.99. The molecule has 0 radical (unpaired) electrons. The van der Waals surface area contributed by atoms with Crippen LogP contribution in [0.5, 0.6) is 0 Å². The summed E-state index contributed by atoms with van der Waals surface area (Å²) in [6, 6.07) is 72.5. The fraction of sp³-hybridized carbons (Fsp3) is 0.0959. The molecule has 0 amide bonds. The Morgan fingerprint density at radius 3 is 0.966 bits per heavy atom. The largest absolute Gasteiger partial charge is 0.469 e. The van der Waals surface area contributed by atoms with Gasteiger partial charge in [-0.15, -0.1) is 0 Å². The van der Waals surface area contributed by atoms with E-state index in [2.05, 4.69) is 82.3 Å². The molecule has 88 heavy (non-hydrogen) atoms. The lowest BCUT2D eigenvalue weighted by molar-refractivity contribution is 0.504. The average molecular weight is 1160 g/mol. The number of rotatable bonds is 18. The van der Waals surface area contributed by atoms with E-state index in [1.807, 2.05) is 182 Å². The molecule has 0 aliphatic rings. The zero-order valence-electron chi connectivity index (χ0n) is 47.1. The SMILES string of the molecule is C.c1ccc(-c2oc3ncnc(NCCCc4ccco4)c3c2-c2ccccc2)cc1.c1ccc(-c2oc3ncnc(NCCc4ccco4)c3c2-c2ccccc2)cc1.c1ccc(-c2oc3ncnc(NCc4ccco4)c3c2-c2ccccc2)cc1. The quantitative estimate of drug-likeness (QED) is 0.0687. The topological polar surface area (TPSA) is 192 Å². The van der Waals surface area contributed by atoms with Crippen LogP contribution in [0.25, 0.3) is 101 Å². The van der Waals surface area contributed by atoms with E-state index >= 15 is 0 Å². The molecule has 9 aromatic heterocycles. The van der Waals surface area contributed by atoms with Crippen LogP contribution in [-0.4, -0.2) is 43.0 Å². The van der Waals surface area contributed by atoms with Crippen molar-refractivity contribution >= 4 is 50.8 Å². The van der Waals surface area contributed by atoms with Crippen molar-refractivity contribution in [3.05, 3.63) is 273 Å². The van der Waals surface area contributed by atoms with Crippen LogP contribution < -0.4 is 16.0 Å². The summed E-state index contributed by atoms with van der Waals surface area (Å²) in [5.74, 6) is 7.38. The Hall–Kier alpha value is -11.6. The highest BCUT2D eigenvalue weighted by Gasteiger charge is 2.25. The molecule has 0 aliphatic carbocycles. The normalized spacial score (nSPS) is 10.9. The van der Waals surface area contributed by atoms with Gasteiger partial charge in [0.05, 0.1) is 41.5 Å². The van der Waals surface area contributed by atoms with Gasteiger partial charge in [-0.25, -0.2) is 29.9 Å². The summed E-state index contributed by atoms with van der Waals surface area (Å²) in [7, 11) is 0. The summed E-state index contributed by atoms with van der Waals surface area (Å²) in [6.45, 7) is 1.99. The van der Waals surface area contributed by atoms with Gasteiger partial charge in [-0.1, -0.05) is 189 Å². The molecule has 15 aromatic rings. The Bertz CT molecular complexity index is 4580. The van der Waals surface area contributed by atoms with E-state index in [-0.39, 0.29) is 7.43 Å². The van der Waals surface area contributed by atoms with Gasteiger partial charge in [0.25, 0.3) is 0 Å². The molecule has 3 N–H and O–H groups in total. The van der Waals surface area contributed by atoms with Crippen LogP contribution in [0.3, 0.4) is 0 Å². The van der Waals surface area contributed by atoms with Gasteiger partial charge in [0.15, 0.2) is 0 Å². The van der Waals surface area contributed by atoms with E-state index in [0.717, 1.165) is 138 Å². The van der Waals surface area contributed by atoms with Gasteiger partial charge < -0.3 is 42.5 Å². The maximum Gasteiger partial charge on any atom is 0.232 e. The first-order valence-electron chi connectivity index (χ1n) is 28.6. The summed E-state index contributed by atoms with van der Waals surface area (Å²) in [5, 5.41) is 12.9. The number of benzene rings is 6. The van der Waals surface area contributed by atoms with Crippen molar-refractivity contribution in [3.8, 4) is 67.4 Å². The van der Waals surface area contributed by atoms with E-state index in [9.17, 15) is 0 Å². The average Bonchev–Trinajstić information content (AvgIpc) is 2.05. The highest BCUT2D eigenvalue weighted by Crippen LogP contribution is 2.45. The highest BCUT2D eigenvalue weighted by molar-refractivity contribution is 6.08. The van der Waals surface area contributed by atoms with E-state index in [1.165, 1.54) is 12.7 Å². The maximum absolute atomic E-state index is 6.24. The molecular formula is C73H61N9O6. The molecule has 15 nitrogen and oxygen atoms in total. The molecule has 9 heterocycles. The summed E-state index contributed by atoms with van der Waals surface area (Å²) < 4.78 is 34.9. The zero-order valence-corrected chi connectivity index (χ0v) is 47.1. The summed E-state index contributed by atoms with van der Waals surface area (Å²) in [6.07, 6.45) is 12.2. The van der Waals surface area contributed by atoms with E-state index < -0.39 is 0 Å². The number of nitrogens with one attached hydrogen (secondary N) is 3. The zero-order chi connectivity index (χ0) is 58.4. The number of aryl methyl sites for hydroxylation is 1. The Morgan fingerprint density at radius 1 is 0.295 bits per heavy atom. The van der Waals surface area contributed by atoms with Gasteiger partial charge in [0, 0.05) is 59.3 Å². The number of hydrogen-bond acceptors (Lipinski definition) is 15. The molecule has 0 fully saturated rings. The minimum absolute atomic E-state index is 0. The molecule has 0 bridgehead atoms. The number of anilines is 3. The number of aromatic nitrogens is 6. The van der Waals surface area contributed by atoms with Gasteiger partial charge in [-0.2, -0.15) is 0 Å². The van der Waals surface area contributed by atoms with Crippen LogP contribution in [0.1, 0.15) is 31.1 Å². The maximum atomic E-state index is 6.24.